The summed E-state index contributed by atoms with van der Waals surface area (Å²) in [6.45, 7) is 10.5. The second kappa shape index (κ2) is 12.7. The summed E-state index contributed by atoms with van der Waals surface area (Å²) in [7, 11) is 3.05. The van der Waals surface area contributed by atoms with E-state index in [4.69, 9.17) is 18.6 Å². The van der Waals surface area contributed by atoms with Crippen molar-refractivity contribution in [2.24, 2.45) is 11.8 Å². The third-order valence-corrected chi connectivity index (χ3v) is 10.1. The molecule has 3 unspecified atom stereocenters. The van der Waals surface area contributed by atoms with E-state index >= 15 is 0 Å². The number of nitrogens with zero attached hydrogens (tertiary/aromatic N) is 2. The Morgan fingerprint density at radius 3 is 2.33 bits per heavy atom. The van der Waals surface area contributed by atoms with Gasteiger partial charge in [-0.15, -0.1) is 0 Å². The molecule has 0 saturated heterocycles. The van der Waals surface area contributed by atoms with Crippen LogP contribution in [0.15, 0.2) is 40.8 Å². The zero-order valence-electron chi connectivity index (χ0n) is 28.3. The number of aromatic nitrogens is 2. The predicted molar refractivity (Wildman–Crippen MR) is 179 cm³/mol. The van der Waals surface area contributed by atoms with E-state index in [2.05, 4.69) is 79.5 Å². The van der Waals surface area contributed by atoms with Gasteiger partial charge in [0.25, 0.3) is 5.91 Å². The first-order chi connectivity index (χ1) is 22.0. The Morgan fingerprint density at radius 1 is 0.957 bits per heavy atom. The standard InChI is InChI=1S/C37H48N4O5/c1-22-19-27-28(37(4,5)46-36(27,2)3)21-24(22)20-25-17-18-30(45-25)32(42)39-31-33(43-6)40-35(41-34(31)44-7)38-29-16-12-11-15-26(29)23-13-9-8-10-14-23/h8-9,17-19,21,23,26,29H,10-16,20H2,1-7H3,(H,39,42)(H,38,40,41). The van der Waals surface area contributed by atoms with Gasteiger partial charge < -0.3 is 29.3 Å². The molecule has 3 aromatic rings. The lowest BCUT2D eigenvalue weighted by atomic mass is 9.72. The Hall–Kier alpha value is -3.85. The third kappa shape index (κ3) is 6.39. The number of allylic oxidation sites excluding steroid dienone is 2. The van der Waals surface area contributed by atoms with Crippen LogP contribution in [0.5, 0.6) is 11.8 Å². The smallest absolute Gasteiger partial charge is 0.291 e. The second-order valence-corrected chi connectivity index (χ2v) is 14.0. The fourth-order valence-electron chi connectivity index (χ4n) is 7.81. The molecule has 1 saturated carbocycles. The molecule has 2 N–H and O–H groups in total. The molecule has 46 heavy (non-hydrogen) atoms. The quantitative estimate of drug-likeness (QED) is 0.229. The zero-order valence-corrected chi connectivity index (χ0v) is 28.3. The van der Waals surface area contributed by atoms with Gasteiger partial charge >= 0.3 is 0 Å². The minimum Gasteiger partial charge on any atom is -0.479 e. The number of ether oxygens (including phenoxy) is 3. The number of carbonyl (C=O) groups excluding carboxylic acids is 1. The molecule has 3 aliphatic rings. The SMILES string of the molecule is COc1nc(NC2CCCCC2C2CC=CCC2)nc(OC)c1NC(=O)c1ccc(Cc2cc3c(cc2C)C(C)(C)OC3(C)C)o1. The summed E-state index contributed by atoms with van der Waals surface area (Å²) in [4.78, 5) is 22.7. The molecule has 6 rings (SSSR count). The number of methoxy groups -OCH3 is 2. The summed E-state index contributed by atoms with van der Waals surface area (Å²) < 4.78 is 23.7. The van der Waals surface area contributed by atoms with Crippen molar-refractivity contribution in [1.29, 1.82) is 0 Å². The van der Waals surface area contributed by atoms with Gasteiger partial charge in [0.2, 0.25) is 17.7 Å². The van der Waals surface area contributed by atoms with E-state index in [1.165, 1.54) is 51.0 Å². The van der Waals surface area contributed by atoms with Crippen molar-refractivity contribution in [2.75, 3.05) is 24.9 Å². The molecule has 0 spiro atoms. The van der Waals surface area contributed by atoms with E-state index in [1.54, 1.807) is 6.07 Å². The van der Waals surface area contributed by atoms with Gasteiger partial charge in [-0.3, -0.25) is 4.79 Å². The number of rotatable bonds is 9. The van der Waals surface area contributed by atoms with Crippen LogP contribution in [0, 0.1) is 18.8 Å². The monoisotopic (exact) mass is 628 g/mol. The van der Waals surface area contributed by atoms with E-state index in [0.29, 0.717) is 30.0 Å². The molecule has 3 heterocycles. The van der Waals surface area contributed by atoms with Gasteiger partial charge in [-0.1, -0.05) is 37.1 Å². The van der Waals surface area contributed by atoms with Crippen molar-refractivity contribution in [3.63, 3.8) is 0 Å². The lowest BCUT2D eigenvalue weighted by molar-refractivity contribution is -0.105. The molecule has 9 heteroatoms. The maximum Gasteiger partial charge on any atom is 0.291 e. The number of benzene rings is 1. The minimum absolute atomic E-state index is 0.177. The van der Waals surface area contributed by atoms with Crippen LogP contribution in [0.4, 0.5) is 11.6 Å². The highest BCUT2D eigenvalue weighted by atomic mass is 16.5. The lowest BCUT2D eigenvalue weighted by Crippen LogP contribution is -2.37. The van der Waals surface area contributed by atoms with Crippen molar-refractivity contribution < 1.29 is 23.4 Å². The first-order valence-electron chi connectivity index (χ1n) is 16.7. The Morgan fingerprint density at radius 2 is 1.65 bits per heavy atom. The van der Waals surface area contributed by atoms with Crippen molar-refractivity contribution >= 4 is 17.5 Å². The van der Waals surface area contributed by atoms with Gasteiger partial charge in [-0.2, -0.15) is 9.97 Å². The largest absolute Gasteiger partial charge is 0.479 e. The first-order valence-corrected chi connectivity index (χ1v) is 16.7. The highest BCUT2D eigenvalue weighted by molar-refractivity contribution is 6.03. The molecule has 2 aliphatic carbocycles. The number of nitrogens with one attached hydrogen (secondary N) is 2. The van der Waals surface area contributed by atoms with E-state index in [1.807, 2.05) is 6.07 Å². The molecule has 0 bridgehead atoms. The topological polar surface area (TPSA) is 108 Å². The normalized spacial score (nSPS) is 23.1. The van der Waals surface area contributed by atoms with Crippen molar-refractivity contribution in [1.82, 2.24) is 9.97 Å². The van der Waals surface area contributed by atoms with Crippen LogP contribution in [-0.2, 0) is 22.4 Å². The highest BCUT2D eigenvalue weighted by Crippen LogP contribution is 2.47. The number of furan rings is 1. The molecule has 2 aromatic heterocycles. The Balaban J connectivity index is 1.18. The molecular formula is C37H48N4O5. The predicted octanol–water partition coefficient (Wildman–Crippen LogP) is 8.07. The number of anilines is 2. The lowest BCUT2D eigenvalue weighted by Gasteiger charge is -2.38. The van der Waals surface area contributed by atoms with E-state index in [-0.39, 0.29) is 40.5 Å². The average Bonchev–Trinajstić information content (AvgIpc) is 3.57. The number of carbonyl (C=O) groups is 1. The Kier molecular flexibility index (Phi) is 8.89. The van der Waals surface area contributed by atoms with Crippen molar-refractivity contribution in [3.8, 4) is 11.8 Å². The maximum absolute atomic E-state index is 13.4. The minimum atomic E-state index is -0.438. The van der Waals surface area contributed by atoms with Crippen LogP contribution in [0.1, 0.15) is 111 Å². The molecular weight excluding hydrogens is 580 g/mol. The third-order valence-electron chi connectivity index (χ3n) is 10.1. The van der Waals surface area contributed by atoms with Crippen LogP contribution >= 0.6 is 0 Å². The van der Waals surface area contributed by atoms with E-state index in [9.17, 15) is 4.79 Å². The van der Waals surface area contributed by atoms with Gasteiger partial charge in [0.05, 0.1) is 25.4 Å². The summed E-state index contributed by atoms with van der Waals surface area (Å²) in [5, 5.41) is 6.47. The summed E-state index contributed by atoms with van der Waals surface area (Å²) in [5.41, 5.74) is 4.22. The van der Waals surface area contributed by atoms with Crippen LogP contribution in [0.25, 0.3) is 0 Å². The average molecular weight is 629 g/mol. The van der Waals surface area contributed by atoms with Crippen LogP contribution in [-0.4, -0.2) is 36.1 Å². The molecule has 9 nitrogen and oxygen atoms in total. The van der Waals surface area contributed by atoms with E-state index in [0.717, 1.165) is 30.4 Å². The fraction of sp³-hybridized carbons (Fsp3) is 0.541. The summed E-state index contributed by atoms with van der Waals surface area (Å²) in [6, 6.07) is 8.23. The molecule has 1 aromatic carbocycles. The number of aryl methyl sites for hydroxylation is 1. The maximum atomic E-state index is 13.4. The first kappa shape index (κ1) is 32.1. The molecule has 1 aliphatic heterocycles. The van der Waals surface area contributed by atoms with Gasteiger partial charge in [0.15, 0.2) is 11.4 Å². The van der Waals surface area contributed by atoms with Crippen molar-refractivity contribution in [2.45, 2.75) is 103 Å². The highest BCUT2D eigenvalue weighted by Gasteiger charge is 2.43. The van der Waals surface area contributed by atoms with Crippen LogP contribution in [0.2, 0.25) is 0 Å². The molecule has 0 radical (unpaired) electrons. The summed E-state index contributed by atoms with van der Waals surface area (Å²) in [6.07, 6.45) is 13.4. The molecule has 3 atom stereocenters. The Labute approximate surface area is 272 Å². The van der Waals surface area contributed by atoms with Gasteiger partial charge in [-0.25, -0.2) is 0 Å². The number of hydrogen-bond acceptors (Lipinski definition) is 8. The molecule has 1 amide bonds. The van der Waals surface area contributed by atoms with Gasteiger partial charge in [0, 0.05) is 12.5 Å². The second-order valence-electron chi connectivity index (χ2n) is 14.0. The fourth-order valence-corrected chi connectivity index (χ4v) is 7.81. The van der Waals surface area contributed by atoms with Crippen LogP contribution < -0.4 is 20.1 Å². The van der Waals surface area contributed by atoms with Gasteiger partial charge in [-0.05, 0) is 113 Å². The number of fused-ring (bicyclic) bond motifs is 1. The Bertz CT molecular complexity index is 1600. The number of amides is 1. The zero-order chi connectivity index (χ0) is 32.6. The summed E-state index contributed by atoms with van der Waals surface area (Å²) >= 11 is 0. The van der Waals surface area contributed by atoms with Gasteiger partial charge in [0.1, 0.15) is 5.76 Å². The molecule has 246 valence electrons. The number of hydrogen-bond donors (Lipinski definition) is 2. The van der Waals surface area contributed by atoms with Crippen LogP contribution in [0.3, 0.4) is 0 Å². The summed E-state index contributed by atoms with van der Waals surface area (Å²) in [5.74, 6) is 2.56. The van der Waals surface area contributed by atoms with E-state index < -0.39 is 5.91 Å². The molecule has 1 fully saturated rings. The van der Waals surface area contributed by atoms with Crippen molar-refractivity contribution in [3.05, 3.63) is 70.2 Å².